The number of alkyl carbamates (subject to hydrolysis) is 1. The fourth-order valence-corrected chi connectivity index (χ4v) is 0.543. The van der Waals surface area contributed by atoms with Crippen LogP contribution >= 0.6 is 0 Å². The molecule has 0 rings (SSSR count). The maximum atomic E-state index is 10.9. The van der Waals surface area contributed by atoms with Gasteiger partial charge in [0.05, 0.1) is 12.0 Å². The number of aliphatic carboxylic acids is 1. The Balaban J connectivity index is 0. The first-order chi connectivity index (χ1) is 5.72. The Morgan fingerprint density at radius 2 is 1.79 bits per heavy atom. The van der Waals surface area contributed by atoms with Gasteiger partial charge in [0.2, 0.25) is 0 Å². The minimum atomic E-state index is -1.34. The van der Waals surface area contributed by atoms with Crippen LogP contribution in [-0.4, -0.2) is 23.7 Å². The molecule has 0 saturated carbocycles. The van der Waals surface area contributed by atoms with Gasteiger partial charge in [-0.3, -0.25) is 0 Å². The molecule has 0 aliphatic heterocycles. The zero-order valence-electron chi connectivity index (χ0n) is 9.21. The normalized spacial score (nSPS) is 12.3. The third-order valence-electron chi connectivity index (χ3n) is 1.09. The molecule has 1 N–H and O–H groups in total. The minimum absolute atomic E-state index is 0. The molecule has 0 spiro atoms. The van der Waals surface area contributed by atoms with Crippen LogP contribution < -0.4 is 40.0 Å². The molecule has 0 aromatic carbocycles. The van der Waals surface area contributed by atoms with E-state index in [-0.39, 0.29) is 29.6 Å². The largest absolute Gasteiger partial charge is 1.00 e. The summed E-state index contributed by atoms with van der Waals surface area (Å²) in [5, 5.41) is 12.3. The van der Waals surface area contributed by atoms with Crippen LogP contribution in [0.4, 0.5) is 4.79 Å². The smallest absolute Gasteiger partial charge is 0.548 e. The van der Waals surface area contributed by atoms with Gasteiger partial charge in [-0.1, -0.05) is 0 Å². The van der Waals surface area contributed by atoms with E-state index in [4.69, 9.17) is 4.74 Å². The molecule has 0 radical (unpaired) electrons. The molecule has 1 amide bonds. The van der Waals surface area contributed by atoms with Gasteiger partial charge in [-0.05, 0) is 27.7 Å². The van der Waals surface area contributed by atoms with Crippen molar-refractivity contribution < 1.29 is 49.0 Å². The van der Waals surface area contributed by atoms with Crippen molar-refractivity contribution in [3.63, 3.8) is 0 Å². The van der Waals surface area contributed by atoms with Gasteiger partial charge in [-0.15, -0.1) is 0 Å². The van der Waals surface area contributed by atoms with Crippen LogP contribution in [0.2, 0.25) is 0 Å². The quantitative estimate of drug-likeness (QED) is 0.484. The van der Waals surface area contributed by atoms with E-state index >= 15 is 0 Å². The standard InChI is InChI=1S/C8H15NO4.Na/c1-5(6(10)11)9-7(12)13-8(2,3)4;/h5H,1-4H3,(H,9,12)(H,10,11);/q;+1/p-1. The zero-order valence-corrected chi connectivity index (χ0v) is 11.2. The summed E-state index contributed by atoms with van der Waals surface area (Å²) in [7, 11) is 0. The van der Waals surface area contributed by atoms with Crippen molar-refractivity contribution >= 4 is 12.1 Å². The molecule has 0 bridgehead atoms. The summed E-state index contributed by atoms with van der Waals surface area (Å²) >= 11 is 0. The predicted octanol–water partition coefficient (Wildman–Crippen LogP) is -3.35. The van der Waals surface area contributed by atoms with E-state index in [9.17, 15) is 14.7 Å². The molecule has 0 fully saturated rings. The van der Waals surface area contributed by atoms with Crippen molar-refractivity contribution in [2.75, 3.05) is 0 Å². The first-order valence-electron chi connectivity index (χ1n) is 3.93. The summed E-state index contributed by atoms with van der Waals surface area (Å²) in [5.74, 6) is -1.34. The van der Waals surface area contributed by atoms with Gasteiger partial charge >= 0.3 is 35.7 Å². The molecule has 0 aliphatic rings. The molecule has 0 aromatic heterocycles. The first-order valence-corrected chi connectivity index (χ1v) is 3.93. The van der Waals surface area contributed by atoms with Crippen LogP contribution in [0.1, 0.15) is 27.7 Å². The SMILES string of the molecule is CC(NC(=O)OC(C)(C)C)C(=O)[O-].[Na+]. The molecule has 6 heteroatoms. The molecule has 0 aromatic rings. The monoisotopic (exact) mass is 211 g/mol. The Labute approximate surface area is 105 Å². The third-order valence-corrected chi connectivity index (χ3v) is 1.09. The van der Waals surface area contributed by atoms with E-state index in [0.717, 1.165) is 0 Å². The topological polar surface area (TPSA) is 78.5 Å². The van der Waals surface area contributed by atoms with Crippen molar-refractivity contribution in [3.05, 3.63) is 0 Å². The molecular weight excluding hydrogens is 197 g/mol. The molecule has 14 heavy (non-hydrogen) atoms. The van der Waals surface area contributed by atoms with Gasteiger partial charge in [0, 0.05) is 0 Å². The summed E-state index contributed by atoms with van der Waals surface area (Å²) in [6.07, 6.45) is -0.760. The number of carbonyl (C=O) groups excluding carboxylic acids is 2. The van der Waals surface area contributed by atoms with Gasteiger partial charge in [-0.2, -0.15) is 0 Å². The van der Waals surface area contributed by atoms with Gasteiger partial charge in [0.25, 0.3) is 0 Å². The van der Waals surface area contributed by atoms with Crippen LogP contribution in [0.15, 0.2) is 0 Å². The summed E-state index contributed by atoms with van der Waals surface area (Å²) in [5.41, 5.74) is -0.629. The Kier molecular flexibility index (Phi) is 7.24. The number of hydrogen-bond donors (Lipinski definition) is 1. The van der Waals surface area contributed by atoms with Gasteiger partial charge < -0.3 is 20.0 Å². The fraction of sp³-hybridized carbons (Fsp3) is 0.750. The number of ether oxygens (including phenoxy) is 1. The van der Waals surface area contributed by atoms with E-state index in [0.29, 0.717) is 0 Å². The van der Waals surface area contributed by atoms with Gasteiger partial charge in [-0.25, -0.2) is 4.79 Å². The Morgan fingerprint density at radius 1 is 1.36 bits per heavy atom. The number of rotatable bonds is 2. The molecule has 1 unspecified atom stereocenters. The maximum Gasteiger partial charge on any atom is 1.00 e. The third kappa shape index (κ3) is 8.34. The van der Waals surface area contributed by atoms with Crippen molar-refractivity contribution in [3.8, 4) is 0 Å². The van der Waals surface area contributed by atoms with Crippen LogP contribution in [0.3, 0.4) is 0 Å². The second-order valence-corrected chi connectivity index (χ2v) is 3.69. The number of carboxylic acids is 1. The van der Waals surface area contributed by atoms with Crippen LogP contribution in [-0.2, 0) is 9.53 Å². The average molecular weight is 211 g/mol. The summed E-state index contributed by atoms with van der Waals surface area (Å²) in [6, 6.07) is -1.05. The van der Waals surface area contributed by atoms with Gasteiger partial charge in [0.15, 0.2) is 0 Å². The fourth-order valence-electron chi connectivity index (χ4n) is 0.543. The van der Waals surface area contributed by atoms with Crippen molar-refractivity contribution in [1.29, 1.82) is 0 Å². The van der Waals surface area contributed by atoms with E-state index in [2.05, 4.69) is 5.32 Å². The molecule has 0 saturated heterocycles. The summed E-state index contributed by atoms with van der Waals surface area (Å²) < 4.78 is 4.82. The Hall–Kier alpha value is -0.260. The average Bonchev–Trinajstić information content (AvgIpc) is 1.81. The first kappa shape index (κ1) is 16.2. The molecule has 5 nitrogen and oxygen atoms in total. The van der Waals surface area contributed by atoms with Crippen LogP contribution in [0.25, 0.3) is 0 Å². The number of carbonyl (C=O) groups is 2. The summed E-state index contributed by atoms with van der Waals surface area (Å²) in [6.45, 7) is 6.38. The molecular formula is C8H14NNaO4. The number of hydrogen-bond acceptors (Lipinski definition) is 4. The Morgan fingerprint density at radius 3 is 2.07 bits per heavy atom. The minimum Gasteiger partial charge on any atom is -0.548 e. The number of carboxylic acid groups (broad SMARTS) is 1. The van der Waals surface area contributed by atoms with Crippen LogP contribution in [0, 0.1) is 0 Å². The second kappa shape index (κ2) is 6.27. The number of amides is 1. The van der Waals surface area contributed by atoms with Crippen LogP contribution in [0.5, 0.6) is 0 Å². The van der Waals surface area contributed by atoms with Gasteiger partial charge in [0.1, 0.15) is 5.60 Å². The Bertz CT molecular complexity index is 212. The van der Waals surface area contributed by atoms with Crippen molar-refractivity contribution in [2.24, 2.45) is 0 Å². The maximum absolute atomic E-state index is 10.9. The zero-order chi connectivity index (χ0) is 10.6. The van der Waals surface area contributed by atoms with Crippen molar-refractivity contribution in [1.82, 2.24) is 5.32 Å². The molecule has 1 atom stereocenters. The van der Waals surface area contributed by atoms with E-state index in [1.165, 1.54) is 6.92 Å². The van der Waals surface area contributed by atoms with E-state index < -0.39 is 23.7 Å². The summed E-state index contributed by atoms with van der Waals surface area (Å²) in [4.78, 5) is 21.2. The van der Waals surface area contributed by atoms with E-state index in [1.807, 2.05) is 0 Å². The molecule has 76 valence electrons. The predicted molar refractivity (Wildman–Crippen MR) is 43.8 cm³/mol. The second-order valence-electron chi connectivity index (χ2n) is 3.69. The number of nitrogens with one attached hydrogen (secondary N) is 1. The van der Waals surface area contributed by atoms with Crippen molar-refractivity contribution in [2.45, 2.75) is 39.3 Å². The van der Waals surface area contributed by atoms with E-state index in [1.54, 1.807) is 20.8 Å². The molecule has 0 heterocycles. The molecule has 0 aliphatic carbocycles.